The van der Waals surface area contributed by atoms with Crippen LogP contribution >= 0.6 is 27.5 Å². The standard InChI is InChI=1S/C24H30BrClFN3O4/c1-10-11(2)29-22(31)16-15(10)19(27)17(25)18(26)21(16)33-12(3)20-14-8-7-13(9-28-20)30(14)23(32)34-24(4,5)6/h12-14,20,28H,7-9H2,1-6H3,(H,29,31)/t12-,13+,14-,20+/m0/s1. The van der Waals surface area contributed by atoms with Crippen LogP contribution in [0.3, 0.4) is 0 Å². The molecule has 1 amide bonds. The maximum absolute atomic E-state index is 15.1. The first-order valence-corrected chi connectivity index (χ1v) is 12.6. The number of H-pyrrole nitrogens is 1. The maximum Gasteiger partial charge on any atom is 0.410 e. The molecule has 2 fully saturated rings. The monoisotopic (exact) mass is 557 g/mol. The summed E-state index contributed by atoms with van der Waals surface area (Å²) >= 11 is 9.71. The summed E-state index contributed by atoms with van der Waals surface area (Å²) in [5, 5.41) is 3.73. The van der Waals surface area contributed by atoms with Crippen molar-refractivity contribution in [1.82, 2.24) is 15.2 Å². The number of pyridine rings is 1. The Bertz CT molecular complexity index is 1210. The van der Waals surface area contributed by atoms with Gasteiger partial charge in [0.05, 0.1) is 21.9 Å². The van der Waals surface area contributed by atoms with Gasteiger partial charge in [-0.25, -0.2) is 9.18 Å². The normalized spacial score (nSPS) is 23.3. The lowest BCUT2D eigenvalue weighted by molar-refractivity contribution is -0.00463. The number of aromatic nitrogens is 1. The molecule has 0 unspecified atom stereocenters. The predicted octanol–water partition coefficient (Wildman–Crippen LogP) is 5.21. The SMILES string of the molecule is Cc1[nH]c(=O)c2c(O[C@@H](C)[C@H]3NC[C@H]4CC[C@@H]3N4C(=O)OC(C)(C)C)c(Cl)c(Br)c(F)c2c1C. The van der Waals surface area contributed by atoms with Crippen LogP contribution in [0.2, 0.25) is 5.02 Å². The number of fused-ring (bicyclic) bond motifs is 3. The number of hydrogen-bond donors (Lipinski definition) is 2. The van der Waals surface area contributed by atoms with Crippen LogP contribution in [-0.2, 0) is 4.74 Å². The summed E-state index contributed by atoms with van der Waals surface area (Å²) in [6, 6.07) is -0.312. The molecule has 2 N–H and O–H groups in total. The number of benzene rings is 1. The summed E-state index contributed by atoms with van der Waals surface area (Å²) < 4.78 is 27.1. The Hall–Kier alpha value is -1.84. The summed E-state index contributed by atoms with van der Waals surface area (Å²) in [5.74, 6) is -0.482. The van der Waals surface area contributed by atoms with Crippen molar-refractivity contribution in [2.75, 3.05) is 6.54 Å². The average molecular weight is 559 g/mol. The van der Waals surface area contributed by atoms with Gasteiger partial charge in [-0.15, -0.1) is 0 Å². The molecule has 0 spiro atoms. The molecule has 4 atom stereocenters. The molecule has 0 aliphatic carbocycles. The zero-order valence-corrected chi connectivity index (χ0v) is 22.5. The third-order valence-electron chi connectivity index (χ3n) is 6.71. The van der Waals surface area contributed by atoms with Gasteiger partial charge >= 0.3 is 6.09 Å². The first kappa shape index (κ1) is 25.3. The van der Waals surface area contributed by atoms with Crippen LogP contribution in [-0.4, -0.2) is 52.4 Å². The number of hydrogen-bond acceptors (Lipinski definition) is 5. The molecule has 0 radical (unpaired) electrons. The Morgan fingerprint density at radius 2 is 1.94 bits per heavy atom. The third kappa shape index (κ3) is 4.31. The number of rotatable bonds is 3. The molecule has 4 rings (SSSR count). The van der Waals surface area contributed by atoms with Gasteiger partial charge in [0.2, 0.25) is 0 Å². The minimum absolute atomic E-state index is 0.00490. The fourth-order valence-electron chi connectivity index (χ4n) is 5.04. The molecule has 1 aromatic carbocycles. The van der Waals surface area contributed by atoms with Crippen molar-refractivity contribution in [1.29, 1.82) is 0 Å². The van der Waals surface area contributed by atoms with Crippen LogP contribution in [0.4, 0.5) is 9.18 Å². The number of aromatic amines is 1. The lowest BCUT2D eigenvalue weighted by atomic mass is 10.00. The number of carbonyl (C=O) groups is 1. The van der Waals surface area contributed by atoms with Gasteiger partial charge in [0.1, 0.15) is 22.5 Å². The van der Waals surface area contributed by atoms with Crippen molar-refractivity contribution in [2.24, 2.45) is 0 Å². The summed E-state index contributed by atoms with van der Waals surface area (Å²) in [6.45, 7) is 11.5. The number of nitrogens with one attached hydrogen (secondary N) is 2. The topological polar surface area (TPSA) is 83.7 Å². The van der Waals surface area contributed by atoms with Crippen molar-refractivity contribution in [3.63, 3.8) is 0 Å². The van der Waals surface area contributed by atoms with Gasteiger partial charge in [-0.3, -0.25) is 9.69 Å². The Kier molecular flexibility index (Phi) is 6.68. The second-order valence-corrected chi connectivity index (χ2v) is 11.3. The lowest BCUT2D eigenvalue weighted by Gasteiger charge is -2.43. The fourth-order valence-corrected chi connectivity index (χ4v) is 5.64. The van der Waals surface area contributed by atoms with Crippen LogP contribution in [0.15, 0.2) is 9.27 Å². The first-order chi connectivity index (χ1) is 15.8. The van der Waals surface area contributed by atoms with E-state index in [0.717, 1.165) is 12.8 Å². The lowest BCUT2D eigenvalue weighted by Crippen LogP contribution is -2.64. The Labute approximate surface area is 211 Å². The smallest absolute Gasteiger partial charge is 0.410 e. The molecule has 34 heavy (non-hydrogen) atoms. The molecular formula is C24H30BrClFN3O4. The van der Waals surface area contributed by atoms with Crippen LogP contribution in [0, 0.1) is 19.7 Å². The van der Waals surface area contributed by atoms with E-state index in [0.29, 0.717) is 17.8 Å². The highest BCUT2D eigenvalue weighted by molar-refractivity contribution is 9.10. The van der Waals surface area contributed by atoms with E-state index >= 15 is 4.39 Å². The maximum atomic E-state index is 15.1. The van der Waals surface area contributed by atoms with E-state index in [1.165, 1.54) is 0 Å². The van der Waals surface area contributed by atoms with E-state index in [2.05, 4.69) is 26.2 Å². The second kappa shape index (κ2) is 8.99. The number of aryl methyl sites for hydroxylation is 2. The molecule has 0 saturated carbocycles. The van der Waals surface area contributed by atoms with E-state index in [1.807, 2.05) is 32.6 Å². The third-order valence-corrected chi connectivity index (χ3v) is 8.04. The summed E-state index contributed by atoms with van der Waals surface area (Å²) in [7, 11) is 0. The number of amides is 1. The minimum Gasteiger partial charge on any atom is -0.487 e. The Morgan fingerprint density at radius 3 is 2.59 bits per heavy atom. The summed E-state index contributed by atoms with van der Waals surface area (Å²) in [6.07, 6.45) is 0.849. The number of carbonyl (C=O) groups excluding carboxylic acids is 1. The highest BCUT2D eigenvalue weighted by Gasteiger charge is 2.48. The van der Waals surface area contributed by atoms with Gasteiger partial charge < -0.3 is 19.8 Å². The van der Waals surface area contributed by atoms with E-state index in [4.69, 9.17) is 21.1 Å². The zero-order chi connectivity index (χ0) is 25.1. The summed E-state index contributed by atoms with van der Waals surface area (Å²) in [5.41, 5.74) is 0.112. The number of halogens is 3. The Morgan fingerprint density at radius 1 is 1.26 bits per heavy atom. The molecule has 2 aromatic rings. The van der Waals surface area contributed by atoms with Gasteiger partial charge in [-0.05, 0) is 75.9 Å². The minimum atomic E-state index is -0.600. The average Bonchev–Trinajstić information content (AvgIpc) is 3.04. The number of nitrogens with zero attached hydrogens (tertiary/aromatic N) is 1. The fraction of sp³-hybridized carbons (Fsp3) is 0.583. The molecule has 1 aromatic heterocycles. The predicted molar refractivity (Wildman–Crippen MR) is 133 cm³/mol. The number of piperazine rings is 1. The highest BCUT2D eigenvalue weighted by atomic mass is 79.9. The van der Waals surface area contributed by atoms with E-state index in [9.17, 15) is 9.59 Å². The molecule has 186 valence electrons. The molecular weight excluding hydrogens is 529 g/mol. The Balaban J connectivity index is 1.70. The number of ether oxygens (including phenoxy) is 2. The first-order valence-electron chi connectivity index (χ1n) is 11.4. The van der Waals surface area contributed by atoms with Crippen LogP contribution in [0.25, 0.3) is 10.8 Å². The van der Waals surface area contributed by atoms with E-state index in [1.54, 1.807) is 13.8 Å². The molecule has 7 nitrogen and oxygen atoms in total. The highest BCUT2D eigenvalue weighted by Crippen LogP contribution is 2.43. The summed E-state index contributed by atoms with van der Waals surface area (Å²) in [4.78, 5) is 30.4. The van der Waals surface area contributed by atoms with Crippen molar-refractivity contribution in [2.45, 2.75) is 84.2 Å². The van der Waals surface area contributed by atoms with E-state index < -0.39 is 23.1 Å². The molecule has 2 aliphatic rings. The van der Waals surface area contributed by atoms with Gasteiger partial charge in [0, 0.05) is 23.7 Å². The largest absolute Gasteiger partial charge is 0.487 e. The van der Waals surface area contributed by atoms with Crippen LogP contribution in [0.5, 0.6) is 5.75 Å². The second-order valence-electron chi connectivity index (χ2n) is 10.2. The van der Waals surface area contributed by atoms with Crippen LogP contribution in [0.1, 0.15) is 51.8 Å². The molecule has 2 saturated heterocycles. The molecule has 3 heterocycles. The zero-order valence-electron chi connectivity index (χ0n) is 20.1. The van der Waals surface area contributed by atoms with Crippen molar-refractivity contribution >= 4 is 44.4 Å². The van der Waals surface area contributed by atoms with Gasteiger partial charge in [-0.2, -0.15) is 0 Å². The van der Waals surface area contributed by atoms with Gasteiger partial charge in [0.15, 0.2) is 5.75 Å². The van der Waals surface area contributed by atoms with Crippen molar-refractivity contribution in [3.05, 3.63) is 36.9 Å². The van der Waals surface area contributed by atoms with E-state index in [-0.39, 0.29) is 50.2 Å². The molecule has 2 aliphatic heterocycles. The van der Waals surface area contributed by atoms with Crippen LogP contribution < -0.4 is 15.6 Å². The quantitative estimate of drug-likeness (QED) is 0.506. The molecule has 2 bridgehead atoms. The van der Waals surface area contributed by atoms with Crippen molar-refractivity contribution < 1.29 is 18.7 Å². The van der Waals surface area contributed by atoms with Gasteiger partial charge in [0.25, 0.3) is 5.56 Å². The molecule has 10 heteroatoms. The van der Waals surface area contributed by atoms with Gasteiger partial charge in [-0.1, -0.05) is 11.6 Å². The van der Waals surface area contributed by atoms with Crippen molar-refractivity contribution in [3.8, 4) is 5.75 Å².